The van der Waals surface area contributed by atoms with Crippen molar-refractivity contribution in [2.24, 2.45) is 11.8 Å². The third-order valence-electron chi connectivity index (χ3n) is 5.10. The van der Waals surface area contributed by atoms with E-state index in [0.717, 1.165) is 38.5 Å². The molecule has 0 spiro atoms. The van der Waals surface area contributed by atoms with Gasteiger partial charge in [0.2, 0.25) is 0 Å². The summed E-state index contributed by atoms with van der Waals surface area (Å²) in [6.07, 6.45) is 11.4. The number of ketones is 1. The lowest BCUT2D eigenvalue weighted by molar-refractivity contribution is -0.271. The molecular weight excluding hydrogens is 276 g/mol. The van der Waals surface area contributed by atoms with Gasteiger partial charge in [0.1, 0.15) is 5.78 Å². The van der Waals surface area contributed by atoms with Crippen molar-refractivity contribution >= 4 is 5.78 Å². The van der Waals surface area contributed by atoms with Crippen LogP contribution in [0, 0.1) is 11.8 Å². The molecule has 0 aromatic rings. The first-order chi connectivity index (χ1) is 10.6. The molecular formula is C19H34O3. The summed E-state index contributed by atoms with van der Waals surface area (Å²) >= 11 is 0. The van der Waals surface area contributed by atoms with Crippen molar-refractivity contribution < 1.29 is 14.3 Å². The van der Waals surface area contributed by atoms with Gasteiger partial charge in [-0.15, -0.1) is 0 Å². The Kier molecular flexibility index (Phi) is 7.36. The van der Waals surface area contributed by atoms with Crippen LogP contribution in [0.15, 0.2) is 0 Å². The van der Waals surface area contributed by atoms with Crippen molar-refractivity contribution in [3.63, 3.8) is 0 Å². The van der Waals surface area contributed by atoms with Gasteiger partial charge >= 0.3 is 0 Å². The molecule has 0 aromatic heterocycles. The Hall–Kier alpha value is -0.410. The molecule has 0 aromatic carbocycles. The van der Waals surface area contributed by atoms with Crippen LogP contribution in [-0.4, -0.2) is 24.3 Å². The maximum atomic E-state index is 11.8. The molecule has 4 atom stereocenters. The molecule has 1 saturated carbocycles. The normalized spacial score (nSPS) is 33.4. The Morgan fingerprint density at radius 3 is 2.68 bits per heavy atom. The number of Topliss-reactive ketones (excluding diaryl/α,β-unsaturated/α-hetero) is 1. The molecule has 1 unspecified atom stereocenters. The van der Waals surface area contributed by atoms with E-state index in [0.29, 0.717) is 23.7 Å². The van der Waals surface area contributed by atoms with Crippen LogP contribution in [0.2, 0.25) is 0 Å². The topological polar surface area (TPSA) is 35.5 Å². The molecule has 1 aliphatic heterocycles. The maximum absolute atomic E-state index is 11.8. The fraction of sp³-hybridized carbons (Fsp3) is 0.947. The maximum Gasteiger partial charge on any atom is 0.160 e. The van der Waals surface area contributed by atoms with E-state index >= 15 is 0 Å². The van der Waals surface area contributed by atoms with Crippen LogP contribution in [0.3, 0.4) is 0 Å². The van der Waals surface area contributed by atoms with Gasteiger partial charge < -0.3 is 9.47 Å². The SMILES string of the molecule is CCCCCC[C@H]1C[C@@H](C2CCCC(=O)C2)O[C@@H](C(C)C)O1. The summed E-state index contributed by atoms with van der Waals surface area (Å²) in [5.74, 6) is 1.22. The van der Waals surface area contributed by atoms with E-state index in [1.807, 2.05) is 0 Å². The Bertz CT molecular complexity index is 340. The molecule has 0 N–H and O–H groups in total. The van der Waals surface area contributed by atoms with Gasteiger partial charge in [-0.3, -0.25) is 4.79 Å². The second-order valence-corrected chi connectivity index (χ2v) is 7.53. The number of unbranched alkanes of at least 4 members (excludes halogenated alkanes) is 3. The predicted molar refractivity (Wildman–Crippen MR) is 88.7 cm³/mol. The van der Waals surface area contributed by atoms with Crippen LogP contribution in [-0.2, 0) is 14.3 Å². The number of ether oxygens (including phenoxy) is 2. The summed E-state index contributed by atoms with van der Waals surface area (Å²) in [5.41, 5.74) is 0. The number of rotatable bonds is 7. The van der Waals surface area contributed by atoms with E-state index in [9.17, 15) is 4.79 Å². The molecule has 3 heteroatoms. The average Bonchev–Trinajstić information content (AvgIpc) is 2.51. The minimum atomic E-state index is -0.0908. The first-order valence-corrected chi connectivity index (χ1v) is 9.42. The van der Waals surface area contributed by atoms with Crippen LogP contribution in [0.4, 0.5) is 0 Å². The van der Waals surface area contributed by atoms with E-state index in [1.165, 1.54) is 25.7 Å². The van der Waals surface area contributed by atoms with Gasteiger partial charge in [0.05, 0.1) is 12.2 Å². The predicted octanol–water partition coefficient (Wildman–Crippen LogP) is 4.87. The minimum absolute atomic E-state index is 0.0908. The first-order valence-electron chi connectivity index (χ1n) is 9.42. The molecule has 2 rings (SSSR count). The summed E-state index contributed by atoms with van der Waals surface area (Å²) in [7, 11) is 0. The highest BCUT2D eigenvalue weighted by Gasteiger charge is 2.37. The number of carbonyl (C=O) groups is 1. The van der Waals surface area contributed by atoms with Gasteiger partial charge in [0.15, 0.2) is 6.29 Å². The lowest BCUT2D eigenvalue weighted by Gasteiger charge is -2.41. The third-order valence-corrected chi connectivity index (χ3v) is 5.10. The Labute approximate surface area is 136 Å². The van der Waals surface area contributed by atoms with Crippen LogP contribution in [0.25, 0.3) is 0 Å². The standard InChI is InChI=1S/C19H34O3/c1-4-5-6-7-11-17-13-18(22-19(21-17)14(2)3)15-9-8-10-16(20)12-15/h14-15,17-19H,4-13H2,1-3H3/t15?,17-,18-,19-/m0/s1. The van der Waals surface area contributed by atoms with Crippen LogP contribution in [0.5, 0.6) is 0 Å². The molecule has 2 aliphatic rings. The van der Waals surface area contributed by atoms with Gasteiger partial charge in [0, 0.05) is 25.2 Å². The molecule has 0 amide bonds. The smallest absolute Gasteiger partial charge is 0.160 e. The number of carbonyl (C=O) groups excluding carboxylic acids is 1. The molecule has 0 radical (unpaired) electrons. The van der Waals surface area contributed by atoms with E-state index in [-0.39, 0.29) is 12.4 Å². The van der Waals surface area contributed by atoms with Gasteiger partial charge in [-0.2, -0.15) is 0 Å². The summed E-state index contributed by atoms with van der Waals surface area (Å²) in [6, 6.07) is 0. The van der Waals surface area contributed by atoms with Crippen LogP contribution < -0.4 is 0 Å². The summed E-state index contributed by atoms with van der Waals surface area (Å²) in [4.78, 5) is 11.8. The molecule has 22 heavy (non-hydrogen) atoms. The lowest BCUT2D eigenvalue weighted by atomic mass is 9.81. The highest BCUT2D eigenvalue weighted by molar-refractivity contribution is 5.79. The fourth-order valence-corrected chi connectivity index (χ4v) is 3.74. The molecule has 1 heterocycles. The largest absolute Gasteiger partial charge is 0.349 e. The van der Waals surface area contributed by atoms with Crippen molar-refractivity contribution in [1.29, 1.82) is 0 Å². The van der Waals surface area contributed by atoms with Gasteiger partial charge in [0.25, 0.3) is 0 Å². The van der Waals surface area contributed by atoms with E-state index < -0.39 is 0 Å². The number of hydrogen-bond acceptors (Lipinski definition) is 3. The van der Waals surface area contributed by atoms with Crippen molar-refractivity contribution in [1.82, 2.24) is 0 Å². The monoisotopic (exact) mass is 310 g/mol. The van der Waals surface area contributed by atoms with E-state index in [2.05, 4.69) is 20.8 Å². The van der Waals surface area contributed by atoms with Crippen LogP contribution in [0.1, 0.15) is 85.0 Å². The Morgan fingerprint density at radius 2 is 2.00 bits per heavy atom. The van der Waals surface area contributed by atoms with Crippen molar-refractivity contribution in [2.75, 3.05) is 0 Å². The fourth-order valence-electron chi connectivity index (χ4n) is 3.74. The molecule has 128 valence electrons. The highest BCUT2D eigenvalue weighted by Crippen LogP contribution is 2.35. The Morgan fingerprint density at radius 1 is 1.18 bits per heavy atom. The second kappa shape index (κ2) is 9.02. The van der Waals surface area contributed by atoms with Gasteiger partial charge in [-0.1, -0.05) is 46.5 Å². The summed E-state index contributed by atoms with van der Waals surface area (Å²) in [6.45, 7) is 6.57. The average molecular weight is 310 g/mol. The second-order valence-electron chi connectivity index (χ2n) is 7.53. The van der Waals surface area contributed by atoms with Gasteiger partial charge in [-0.25, -0.2) is 0 Å². The zero-order chi connectivity index (χ0) is 15.9. The van der Waals surface area contributed by atoms with Crippen molar-refractivity contribution in [3.8, 4) is 0 Å². The zero-order valence-corrected chi connectivity index (χ0v) is 14.7. The van der Waals surface area contributed by atoms with E-state index in [4.69, 9.17) is 9.47 Å². The van der Waals surface area contributed by atoms with E-state index in [1.54, 1.807) is 0 Å². The quantitative estimate of drug-likeness (QED) is 0.629. The molecule has 1 aliphatic carbocycles. The van der Waals surface area contributed by atoms with Crippen molar-refractivity contribution in [3.05, 3.63) is 0 Å². The summed E-state index contributed by atoms with van der Waals surface area (Å²) in [5, 5.41) is 0. The minimum Gasteiger partial charge on any atom is -0.349 e. The van der Waals surface area contributed by atoms with Crippen molar-refractivity contribution in [2.45, 2.75) is 103 Å². The first kappa shape index (κ1) is 17.9. The molecule has 3 nitrogen and oxygen atoms in total. The molecule has 1 saturated heterocycles. The van der Waals surface area contributed by atoms with Crippen LogP contribution >= 0.6 is 0 Å². The van der Waals surface area contributed by atoms with Gasteiger partial charge in [-0.05, 0) is 25.2 Å². The third kappa shape index (κ3) is 5.34. The lowest BCUT2D eigenvalue weighted by Crippen LogP contribution is -2.44. The molecule has 2 fully saturated rings. The zero-order valence-electron chi connectivity index (χ0n) is 14.7. The number of hydrogen-bond donors (Lipinski definition) is 0. The molecule has 0 bridgehead atoms. The Balaban J connectivity index is 1.89. The highest BCUT2D eigenvalue weighted by atomic mass is 16.7. The summed E-state index contributed by atoms with van der Waals surface area (Å²) < 4.78 is 12.4.